The molecule has 3 rings (SSSR count). The molecular weight excluding hydrogens is 324 g/mol. The molecule has 5 nitrogen and oxygen atoms in total. The fourth-order valence-electron chi connectivity index (χ4n) is 3.42. The number of nitrogens with one attached hydrogen (secondary N) is 2. The van der Waals surface area contributed by atoms with Crippen molar-refractivity contribution in [3.05, 3.63) is 52.9 Å². The summed E-state index contributed by atoms with van der Waals surface area (Å²) in [6.45, 7) is 5.85. The van der Waals surface area contributed by atoms with Crippen LogP contribution in [0.3, 0.4) is 0 Å². The molecule has 26 heavy (non-hydrogen) atoms. The lowest BCUT2D eigenvalue weighted by Gasteiger charge is -2.19. The average Bonchev–Trinajstić information content (AvgIpc) is 3.31. The summed E-state index contributed by atoms with van der Waals surface area (Å²) < 4.78 is 5.44. The number of benzene rings is 1. The minimum atomic E-state index is 0.374. The number of rotatable bonds is 8. The number of hydrogen-bond donors (Lipinski definition) is 2. The van der Waals surface area contributed by atoms with Crippen LogP contribution in [0.2, 0.25) is 0 Å². The first-order chi connectivity index (χ1) is 12.7. The Balaban J connectivity index is 1.53. The minimum Gasteiger partial charge on any atom is -0.361 e. The Labute approximate surface area is 156 Å². The van der Waals surface area contributed by atoms with E-state index in [1.54, 1.807) is 0 Å². The summed E-state index contributed by atoms with van der Waals surface area (Å²) in [4.78, 5) is 4.38. The van der Waals surface area contributed by atoms with Gasteiger partial charge in [0, 0.05) is 32.1 Å². The lowest BCUT2D eigenvalue weighted by Crippen LogP contribution is -2.40. The molecule has 2 N–H and O–H groups in total. The predicted octanol–water partition coefficient (Wildman–Crippen LogP) is 3.49. The molecule has 2 aromatic rings. The first-order valence-corrected chi connectivity index (χ1v) is 9.64. The van der Waals surface area contributed by atoms with E-state index in [1.165, 1.54) is 24.0 Å². The maximum Gasteiger partial charge on any atom is 0.191 e. The lowest BCUT2D eigenvalue weighted by molar-refractivity contribution is 0.380. The van der Waals surface area contributed by atoms with Gasteiger partial charge in [-0.3, -0.25) is 4.99 Å². The van der Waals surface area contributed by atoms with E-state index in [1.807, 2.05) is 7.05 Å². The van der Waals surface area contributed by atoms with Crippen molar-refractivity contribution in [2.75, 3.05) is 13.6 Å². The summed E-state index contributed by atoms with van der Waals surface area (Å²) in [6, 6.07) is 10.8. The molecule has 1 aliphatic carbocycles. The van der Waals surface area contributed by atoms with E-state index in [4.69, 9.17) is 4.52 Å². The van der Waals surface area contributed by atoms with Gasteiger partial charge in [0.15, 0.2) is 5.96 Å². The van der Waals surface area contributed by atoms with Gasteiger partial charge in [0.1, 0.15) is 5.76 Å². The highest BCUT2D eigenvalue weighted by Crippen LogP contribution is 2.47. The third kappa shape index (κ3) is 4.45. The molecule has 1 aromatic heterocycles. The van der Waals surface area contributed by atoms with Crippen LogP contribution in [0.15, 0.2) is 39.8 Å². The van der Waals surface area contributed by atoms with Crippen molar-refractivity contribution in [3.63, 3.8) is 0 Å². The third-order valence-corrected chi connectivity index (χ3v) is 5.27. The van der Waals surface area contributed by atoms with E-state index in [0.29, 0.717) is 12.0 Å². The molecule has 1 aromatic carbocycles. The Morgan fingerprint density at radius 3 is 2.54 bits per heavy atom. The quantitative estimate of drug-likeness (QED) is 0.563. The van der Waals surface area contributed by atoms with Gasteiger partial charge in [-0.05, 0) is 36.7 Å². The number of aryl methyl sites for hydroxylation is 2. The van der Waals surface area contributed by atoms with Gasteiger partial charge in [0.05, 0.1) is 5.69 Å². The zero-order valence-electron chi connectivity index (χ0n) is 16.1. The SMILES string of the molecule is CCc1noc(CC)c1CNC(=NC)NCC1(Cc2ccccc2)CC1. The van der Waals surface area contributed by atoms with Gasteiger partial charge in [-0.25, -0.2) is 0 Å². The van der Waals surface area contributed by atoms with Gasteiger partial charge in [0.2, 0.25) is 0 Å². The fraction of sp³-hybridized carbons (Fsp3) is 0.524. The van der Waals surface area contributed by atoms with Crippen molar-refractivity contribution < 1.29 is 4.52 Å². The molecule has 140 valence electrons. The second-order valence-corrected chi connectivity index (χ2v) is 7.18. The Morgan fingerprint density at radius 2 is 1.92 bits per heavy atom. The normalized spacial score (nSPS) is 15.7. The van der Waals surface area contributed by atoms with Crippen molar-refractivity contribution in [2.45, 2.75) is 52.5 Å². The zero-order chi connectivity index (χ0) is 18.4. The monoisotopic (exact) mass is 354 g/mol. The van der Waals surface area contributed by atoms with Crippen LogP contribution < -0.4 is 10.6 Å². The Bertz CT molecular complexity index is 710. The van der Waals surface area contributed by atoms with Crippen LogP contribution in [-0.4, -0.2) is 24.7 Å². The molecule has 0 saturated heterocycles. The first kappa shape index (κ1) is 18.5. The highest BCUT2D eigenvalue weighted by atomic mass is 16.5. The molecule has 0 amide bonds. The largest absolute Gasteiger partial charge is 0.361 e. The topological polar surface area (TPSA) is 62.5 Å². The molecule has 0 radical (unpaired) electrons. The lowest BCUT2D eigenvalue weighted by atomic mass is 9.96. The second kappa shape index (κ2) is 8.39. The molecule has 0 aliphatic heterocycles. The van der Waals surface area contributed by atoms with Crippen molar-refractivity contribution >= 4 is 5.96 Å². The Morgan fingerprint density at radius 1 is 1.15 bits per heavy atom. The van der Waals surface area contributed by atoms with Gasteiger partial charge in [-0.15, -0.1) is 0 Å². The minimum absolute atomic E-state index is 0.374. The number of hydrogen-bond acceptors (Lipinski definition) is 3. The summed E-state index contributed by atoms with van der Waals surface area (Å²) in [7, 11) is 1.82. The number of aliphatic imine (C=N–C) groups is 1. The van der Waals surface area contributed by atoms with Crippen LogP contribution in [0.25, 0.3) is 0 Å². The molecule has 0 unspecified atom stereocenters. The molecule has 0 spiro atoms. The molecule has 1 fully saturated rings. The van der Waals surface area contributed by atoms with Crippen molar-refractivity contribution in [3.8, 4) is 0 Å². The van der Waals surface area contributed by atoms with Crippen LogP contribution in [0.5, 0.6) is 0 Å². The van der Waals surface area contributed by atoms with E-state index in [9.17, 15) is 0 Å². The summed E-state index contributed by atoms with van der Waals surface area (Å²) in [5, 5.41) is 11.1. The Kier molecular flexibility index (Phi) is 5.96. The van der Waals surface area contributed by atoms with Crippen LogP contribution in [0.4, 0.5) is 0 Å². The average molecular weight is 354 g/mol. The molecular formula is C21H30N4O. The summed E-state index contributed by atoms with van der Waals surface area (Å²) in [5.41, 5.74) is 3.99. The number of aromatic nitrogens is 1. The van der Waals surface area contributed by atoms with Gasteiger partial charge >= 0.3 is 0 Å². The molecule has 1 saturated carbocycles. The van der Waals surface area contributed by atoms with Crippen molar-refractivity contribution in [1.82, 2.24) is 15.8 Å². The summed E-state index contributed by atoms with van der Waals surface area (Å²) >= 11 is 0. The molecule has 0 atom stereocenters. The van der Waals surface area contributed by atoms with E-state index in [-0.39, 0.29) is 0 Å². The van der Waals surface area contributed by atoms with Crippen LogP contribution in [0.1, 0.15) is 49.3 Å². The maximum absolute atomic E-state index is 5.44. The smallest absolute Gasteiger partial charge is 0.191 e. The van der Waals surface area contributed by atoms with Gasteiger partial charge < -0.3 is 15.2 Å². The molecule has 0 bridgehead atoms. The van der Waals surface area contributed by atoms with Gasteiger partial charge in [-0.1, -0.05) is 49.3 Å². The predicted molar refractivity (Wildman–Crippen MR) is 105 cm³/mol. The Hall–Kier alpha value is -2.30. The molecule has 5 heteroatoms. The molecule has 1 heterocycles. The standard InChI is InChI=1S/C21H30N4O/c1-4-18-17(19(5-2)26-25-18)14-23-20(22-3)24-15-21(11-12-21)13-16-9-7-6-8-10-16/h6-10H,4-5,11-15H2,1-3H3,(H2,22,23,24). The second-order valence-electron chi connectivity index (χ2n) is 7.18. The van der Waals surface area contributed by atoms with Crippen LogP contribution in [0, 0.1) is 5.41 Å². The van der Waals surface area contributed by atoms with E-state index in [0.717, 1.165) is 43.2 Å². The first-order valence-electron chi connectivity index (χ1n) is 9.64. The van der Waals surface area contributed by atoms with Crippen molar-refractivity contribution in [2.24, 2.45) is 10.4 Å². The third-order valence-electron chi connectivity index (χ3n) is 5.27. The summed E-state index contributed by atoms with van der Waals surface area (Å²) in [5.74, 6) is 1.81. The zero-order valence-corrected chi connectivity index (χ0v) is 16.1. The summed E-state index contributed by atoms with van der Waals surface area (Å²) in [6.07, 6.45) is 5.42. The van der Waals surface area contributed by atoms with Crippen molar-refractivity contribution in [1.29, 1.82) is 0 Å². The highest BCUT2D eigenvalue weighted by molar-refractivity contribution is 5.79. The highest BCUT2D eigenvalue weighted by Gasteiger charge is 2.42. The van der Waals surface area contributed by atoms with Crippen LogP contribution in [-0.2, 0) is 25.8 Å². The molecule has 1 aliphatic rings. The van der Waals surface area contributed by atoms with Gasteiger partial charge in [0.25, 0.3) is 0 Å². The maximum atomic E-state index is 5.44. The van der Waals surface area contributed by atoms with E-state index in [2.05, 4.69) is 65.0 Å². The van der Waals surface area contributed by atoms with Crippen LogP contribution >= 0.6 is 0 Å². The van der Waals surface area contributed by atoms with E-state index < -0.39 is 0 Å². The fourth-order valence-corrected chi connectivity index (χ4v) is 3.42. The van der Waals surface area contributed by atoms with E-state index >= 15 is 0 Å². The number of guanidine groups is 1. The number of nitrogens with zero attached hydrogens (tertiary/aromatic N) is 2. The van der Waals surface area contributed by atoms with Gasteiger partial charge in [-0.2, -0.15) is 0 Å².